The van der Waals surface area contributed by atoms with Crippen LogP contribution in [-0.4, -0.2) is 35.7 Å². The van der Waals surface area contributed by atoms with E-state index in [0.717, 1.165) is 22.3 Å². The quantitative estimate of drug-likeness (QED) is 0.611. The Balaban J connectivity index is 1.57. The fourth-order valence-corrected chi connectivity index (χ4v) is 2.74. The molecule has 1 amide bonds. The van der Waals surface area contributed by atoms with Crippen molar-refractivity contribution in [2.75, 3.05) is 5.32 Å². The maximum atomic E-state index is 12.5. The molecule has 4 aromatic rings. The number of fused-ring (bicyclic) bond motifs is 1. The summed E-state index contributed by atoms with van der Waals surface area (Å²) in [6.07, 6.45) is 1.75. The van der Waals surface area contributed by atoms with Crippen molar-refractivity contribution in [2.24, 2.45) is 0 Å². The van der Waals surface area contributed by atoms with E-state index >= 15 is 0 Å². The Labute approximate surface area is 149 Å². The van der Waals surface area contributed by atoms with E-state index in [0.29, 0.717) is 11.6 Å². The van der Waals surface area contributed by atoms with Crippen LogP contribution in [0.5, 0.6) is 0 Å². The number of hydrogen-bond acceptors (Lipinski definition) is 5. The number of nitrogens with one attached hydrogen (secondary N) is 1. The second kappa shape index (κ2) is 6.40. The van der Waals surface area contributed by atoms with Gasteiger partial charge in [0.2, 0.25) is 5.91 Å². The third-order valence-corrected chi connectivity index (χ3v) is 3.94. The predicted octanol–water partition coefficient (Wildman–Crippen LogP) is 2.27. The van der Waals surface area contributed by atoms with Gasteiger partial charge in [0.25, 0.3) is 0 Å². The fraction of sp³-hybridized carbons (Fsp3) is 0.167. The smallest absolute Gasteiger partial charge is 0.247 e. The van der Waals surface area contributed by atoms with Gasteiger partial charge in [-0.1, -0.05) is 18.2 Å². The Morgan fingerprint density at radius 1 is 1.08 bits per heavy atom. The summed E-state index contributed by atoms with van der Waals surface area (Å²) in [5.41, 5.74) is 2.50. The third kappa shape index (κ3) is 3.04. The molecule has 0 saturated carbocycles. The van der Waals surface area contributed by atoms with Gasteiger partial charge >= 0.3 is 0 Å². The molecule has 0 unspecified atom stereocenters. The summed E-state index contributed by atoms with van der Waals surface area (Å²) in [4.78, 5) is 12.5. The molecule has 4 rings (SSSR count). The van der Waals surface area contributed by atoms with E-state index in [1.165, 1.54) is 0 Å². The van der Waals surface area contributed by atoms with Crippen LogP contribution in [0.1, 0.15) is 11.4 Å². The molecule has 3 heterocycles. The second-order valence-electron chi connectivity index (χ2n) is 6.02. The summed E-state index contributed by atoms with van der Waals surface area (Å²) >= 11 is 0. The first kappa shape index (κ1) is 15.9. The minimum Gasteiger partial charge on any atom is -0.309 e. The number of para-hydroxylation sites is 1. The van der Waals surface area contributed by atoms with E-state index in [4.69, 9.17) is 0 Å². The zero-order valence-corrected chi connectivity index (χ0v) is 14.4. The molecule has 1 N–H and O–H groups in total. The Hall–Kier alpha value is -3.55. The van der Waals surface area contributed by atoms with Crippen LogP contribution < -0.4 is 5.32 Å². The summed E-state index contributed by atoms with van der Waals surface area (Å²) in [5.74, 6) is 0.894. The lowest BCUT2D eigenvalue weighted by atomic mass is 10.2. The van der Waals surface area contributed by atoms with Gasteiger partial charge in [0.1, 0.15) is 12.4 Å². The molecule has 26 heavy (non-hydrogen) atoms. The number of rotatable bonds is 4. The molecule has 0 fully saturated rings. The predicted molar refractivity (Wildman–Crippen MR) is 97.0 cm³/mol. The molecule has 0 bridgehead atoms. The van der Waals surface area contributed by atoms with Gasteiger partial charge in [0.15, 0.2) is 5.82 Å². The lowest BCUT2D eigenvalue weighted by Gasteiger charge is -2.08. The Morgan fingerprint density at radius 2 is 1.92 bits per heavy atom. The van der Waals surface area contributed by atoms with Crippen LogP contribution in [0.3, 0.4) is 0 Å². The Morgan fingerprint density at radius 3 is 2.73 bits per heavy atom. The first-order chi connectivity index (χ1) is 12.6. The molecule has 0 radical (unpaired) electrons. The summed E-state index contributed by atoms with van der Waals surface area (Å²) in [6, 6.07) is 13.2. The third-order valence-electron chi connectivity index (χ3n) is 3.94. The molecule has 0 atom stereocenters. The SMILES string of the molecule is Cc1ccc(-n2nc(C)cc2NC(=O)Cn2ncc3ccccc32)nn1. The van der Waals surface area contributed by atoms with Crippen molar-refractivity contribution in [2.45, 2.75) is 20.4 Å². The largest absolute Gasteiger partial charge is 0.309 e. The number of carbonyl (C=O) groups excluding carboxylic acids is 1. The summed E-state index contributed by atoms with van der Waals surface area (Å²) in [5, 5.41) is 20.7. The van der Waals surface area contributed by atoms with Crippen molar-refractivity contribution in [3.63, 3.8) is 0 Å². The molecule has 0 saturated heterocycles. The van der Waals surface area contributed by atoms with E-state index < -0.39 is 0 Å². The number of aryl methyl sites for hydroxylation is 2. The van der Waals surface area contributed by atoms with E-state index in [1.807, 2.05) is 50.2 Å². The number of aromatic nitrogens is 6. The molecular formula is C18H17N7O. The standard InChI is InChI=1S/C18H17N7O/c1-12-7-8-16(22-21-12)25-17(9-13(2)23-25)20-18(26)11-24-15-6-4-3-5-14(15)10-19-24/h3-10H,11H2,1-2H3,(H,20,26). The van der Waals surface area contributed by atoms with Crippen molar-refractivity contribution < 1.29 is 4.79 Å². The molecule has 0 aliphatic carbocycles. The number of amides is 1. The van der Waals surface area contributed by atoms with Crippen LogP contribution >= 0.6 is 0 Å². The van der Waals surface area contributed by atoms with Gasteiger partial charge in [-0.25, -0.2) is 0 Å². The maximum absolute atomic E-state index is 12.5. The summed E-state index contributed by atoms with van der Waals surface area (Å²) in [6.45, 7) is 3.83. The van der Waals surface area contributed by atoms with Crippen molar-refractivity contribution >= 4 is 22.6 Å². The second-order valence-corrected chi connectivity index (χ2v) is 6.02. The van der Waals surface area contributed by atoms with Gasteiger partial charge in [-0.3, -0.25) is 9.48 Å². The van der Waals surface area contributed by atoms with Crippen LogP contribution in [0.25, 0.3) is 16.7 Å². The fourth-order valence-electron chi connectivity index (χ4n) is 2.74. The number of carbonyl (C=O) groups is 1. The molecule has 0 aliphatic rings. The molecule has 0 aliphatic heterocycles. The van der Waals surface area contributed by atoms with Crippen LogP contribution in [0.4, 0.5) is 5.82 Å². The Kier molecular flexibility index (Phi) is 3.92. The van der Waals surface area contributed by atoms with Gasteiger partial charge in [-0.05, 0) is 32.0 Å². The molecule has 130 valence electrons. The average molecular weight is 347 g/mol. The lowest BCUT2D eigenvalue weighted by molar-refractivity contribution is -0.116. The Bertz CT molecular complexity index is 1080. The highest BCUT2D eigenvalue weighted by atomic mass is 16.2. The van der Waals surface area contributed by atoms with Gasteiger partial charge in [-0.15, -0.1) is 5.10 Å². The zero-order valence-electron chi connectivity index (χ0n) is 14.4. The number of benzene rings is 1. The van der Waals surface area contributed by atoms with Crippen LogP contribution in [0.15, 0.2) is 48.7 Å². The van der Waals surface area contributed by atoms with Gasteiger partial charge < -0.3 is 5.32 Å². The minimum atomic E-state index is -0.194. The number of hydrogen-bond donors (Lipinski definition) is 1. The lowest BCUT2D eigenvalue weighted by Crippen LogP contribution is -2.21. The highest BCUT2D eigenvalue weighted by Gasteiger charge is 2.13. The molecule has 8 heteroatoms. The van der Waals surface area contributed by atoms with E-state index in [9.17, 15) is 4.79 Å². The topological polar surface area (TPSA) is 90.5 Å². The summed E-state index contributed by atoms with van der Waals surface area (Å²) < 4.78 is 3.24. The summed E-state index contributed by atoms with van der Waals surface area (Å²) in [7, 11) is 0. The van der Waals surface area contributed by atoms with Crippen molar-refractivity contribution in [1.29, 1.82) is 0 Å². The molecule has 0 spiro atoms. The molecule has 1 aromatic carbocycles. The number of nitrogens with zero attached hydrogens (tertiary/aromatic N) is 6. The van der Waals surface area contributed by atoms with Crippen molar-refractivity contribution in [3.05, 3.63) is 60.0 Å². The van der Waals surface area contributed by atoms with Crippen LogP contribution in [-0.2, 0) is 11.3 Å². The molecule has 8 nitrogen and oxygen atoms in total. The average Bonchev–Trinajstić information content (AvgIpc) is 3.19. The highest BCUT2D eigenvalue weighted by Crippen LogP contribution is 2.16. The maximum Gasteiger partial charge on any atom is 0.247 e. The van der Waals surface area contributed by atoms with Gasteiger partial charge in [0, 0.05) is 11.5 Å². The van der Waals surface area contributed by atoms with Gasteiger partial charge in [-0.2, -0.15) is 20.0 Å². The van der Waals surface area contributed by atoms with E-state index in [2.05, 4.69) is 25.7 Å². The van der Waals surface area contributed by atoms with Crippen LogP contribution in [0, 0.1) is 13.8 Å². The zero-order chi connectivity index (χ0) is 18.1. The molecule has 3 aromatic heterocycles. The highest BCUT2D eigenvalue weighted by molar-refractivity contribution is 5.91. The van der Waals surface area contributed by atoms with Crippen molar-refractivity contribution in [1.82, 2.24) is 29.8 Å². The van der Waals surface area contributed by atoms with Gasteiger partial charge in [0.05, 0.1) is 23.1 Å². The molecular weight excluding hydrogens is 330 g/mol. The van der Waals surface area contributed by atoms with Crippen LogP contribution in [0.2, 0.25) is 0 Å². The minimum absolute atomic E-state index is 0.108. The normalized spacial score (nSPS) is 11.0. The first-order valence-corrected chi connectivity index (χ1v) is 8.18. The first-order valence-electron chi connectivity index (χ1n) is 8.18. The van der Waals surface area contributed by atoms with E-state index in [1.54, 1.807) is 21.6 Å². The number of anilines is 1. The monoisotopic (exact) mass is 347 g/mol. The van der Waals surface area contributed by atoms with E-state index in [-0.39, 0.29) is 12.5 Å². The van der Waals surface area contributed by atoms with Crippen molar-refractivity contribution in [3.8, 4) is 5.82 Å².